The highest BCUT2D eigenvalue weighted by Crippen LogP contribution is 2.33. The maximum Gasteiger partial charge on any atom is 0.341 e. The molecule has 4 aromatic rings. The van der Waals surface area contributed by atoms with Gasteiger partial charge in [-0.25, -0.2) is 9.59 Å². The minimum Gasteiger partial charge on any atom is -0.465 e. The summed E-state index contributed by atoms with van der Waals surface area (Å²) in [6, 6.07) is 16.4. The molecule has 6 heteroatoms. The van der Waals surface area contributed by atoms with Gasteiger partial charge in [0.1, 0.15) is 16.8 Å². The second-order valence-corrected chi connectivity index (χ2v) is 6.85. The Balaban J connectivity index is 2.20. The lowest BCUT2D eigenvalue weighted by Gasteiger charge is -2.08. The van der Waals surface area contributed by atoms with Gasteiger partial charge in [-0.3, -0.25) is 4.79 Å². The van der Waals surface area contributed by atoms with Crippen LogP contribution in [0.1, 0.15) is 42.3 Å². The molecule has 6 nitrogen and oxygen atoms in total. The molecule has 2 heterocycles. The van der Waals surface area contributed by atoms with Crippen molar-refractivity contribution in [1.29, 1.82) is 0 Å². The topological polar surface area (TPSA) is 74.1 Å². The van der Waals surface area contributed by atoms with Crippen molar-refractivity contribution >= 4 is 34.0 Å². The lowest BCUT2D eigenvalue weighted by molar-refractivity contribution is 0.0556. The summed E-state index contributed by atoms with van der Waals surface area (Å²) in [6.45, 7) is 1.82. The smallest absolute Gasteiger partial charge is 0.341 e. The first-order valence-electron chi connectivity index (χ1n) is 9.32. The average Bonchev–Trinajstić information content (AvgIpc) is 3.13. The lowest BCUT2D eigenvalue weighted by atomic mass is 9.99. The Morgan fingerprint density at radius 1 is 0.800 bits per heavy atom. The van der Waals surface area contributed by atoms with Crippen LogP contribution in [0.4, 0.5) is 0 Å². The molecule has 2 aromatic carbocycles. The molecule has 0 aliphatic rings. The second-order valence-electron chi connectivity index (χ2n) is 6.85. The van der Waals surface area contributed by atoms with Gasteiger partial charge >= 0.3 is 11.9 Å². The number of methoxy groups -OCH3 is 2. The first-order valence-corrected chi connectivity index (χ1v) is 9.32. The van der Waals surface area contributed by atoms with Crippen LogP contribution >= 0.6 is 0 Å². The Kier molecular flexibility index (Phi) is 4.83. The number of esters is 2. The van der Waals surface area contributed by atoms with Gasteiger partial charge in [-0.2, -0.15) is 0 Å². The number of hydrogen-bond donors (Lipinski definition) is 0. The van der Waals surface area contributed by atoms with E-state index in [0.717, 1.165) is 16.3 Å². The Hall–Kier alpha value is -3.93. The van der Waals surface area contributed by atoms with E-state index in [1.165, 1.54) is 14.2 Å². The molecule has 0 radical (unpaired) electrons. The zero-order chi connectivity index (χ0) is 21.4. The van der Waals surface area contributed by atoms with Crippen LogP contribution in [0.2, 0.25) is 0 Å². The molecule has 0 amide bonds. The van der Waals surface area contributed by atoms with E-state index < -0.39 is 11.9 Å². The van der Waals surface area contributed by atoms with Gasteiger partial charge < -0.3 is 13.9 Å². The predicted octanol–water partition coefficient (Wildman–Crippen LogP) is 4.21. The van der Waals surface area contributed by atoms with Crippen LogP contribution in [0, 0.1) is 6.92 Å². The third kappa shape index (κ3) is 2.85. The zero-order valence-electron chi connectivity index (χ0n) is 16.8. The maximum atomic E-state index is 13.6. The predicted molar refractivity (Wildman–Crippen MR) is 112 cm³/mol. The minimum atomic E-state index is -0.778. The molecular formula is C24H19NO5. The Labute approximate surface area is 172 Å². The van der Waals surface area contributed by atoms with E-state index in [0.29, 0.717) is 11.1 Å². The molecule has 0 unspecified atom stereocenters. The van der Waals surface area contributed by atoms with Crippen molar-refractivity contribution in [3.8, 4) is 0 Å². The van der Waals surface area contributed by atoms with Crippen molar-refractivity contribution < 1.29 is 23.9 Å². The molecule has 0 saturated heterocycles. The van der Waals surface area contributed by atoms with Crippen LogP contribution in [0.15, 0.2) is 60.8 Å². The third-order valence-electron chi connectivity index (χ3n) is 5.21. The molecule has 150 valence electrons. The van der Waals surface area contributed by atoms with Gasteiger partial charge in [0.05, 0.1) is 19.7 Å². The highest BCUT2D eigenvalue weighted by Gasteiger charge is 2.34. The number of carbonyl (C=O) groups is 3. The molecule has 0 saturated carbocycles. The number of aromatic nitrogens is 1. The average molecular weight is 401 g/mol. The van der Waals surface area contributed by atoms with Crippen LogP contribution < -0.4 is 0 Å². The summed E-state index contributed by atoms with van der Waals surface area (Å²) in [6.07, 6.45) is 1.68. The summed E-state index contributed by atoms with van der Waals surface area (Å²) in [5, 5.41) is 1.58. The highest BCUT2D eigenvalue weighted by molar-refractivity contribution is 6.22. The number of pyridine rings is 1. The van der Waals surface area contributed by atoms with Crippen LogP contribution in [-0.4, -0.2) is 36.3 Å². The van der Waals surface area contributed by atoms with Crippen molar-refractivity contribution in [2.45, 2.75) is 6.92 Å². The summed E-state index contributed by atoms with van der Waals surface area (Å²) in [7, 11) is 2.45. The van der Waals surface area contributed by atoms with Crippen molar-refractivity contribution in [2.75, 3.05) is 14.2 Å². The molecule has 0 spiro atoms. The molecule has 0 N–H and O–H groups in total. The summed E-state index contributed by atoms with van der Waals surface area (Å²) >= 11 is 0. The molecule has 0 fully saturated rings. The number of benzene rings is 2. The Morgan fingerprint density at radius 2 is 1.43 bits per heavy atom. The lowest BCUT2D eigenvalue weighted by Crippen LogP contribution is -2.15. The second kappa shape index (κ2) is 7.48. The van der Waals surface area contributed by atoms with Crippen molar-refractivity contribution in [3.05, 3.63) is 88.7 Å². The van der Waals surface area contributed by atoms with Crippen molar-refractivity contribution in [1.82, 2.24) is 4.40 Å². The van der Waals surface area contributed by atoms with Crippen molar-refractivity contribution in [2.24, 2.45) is 0 Å². The molecule has 0 atom stereocenters. The van der Waals surface area contributed by atoms with Gasteiger partial charge in [0.15, 0.2) is 0 Å². The largest absolute Gasteiger partial charge is 0.465 e. The van der Waals surface area contributed by atoms with Crippen molar-refractivity contribution in [3.63, 3.8) is 0 Å². The number of fused-ring (bicyclic) bond motifs is 3. The Morgan fingerprint density at radius 3 is 2.13 bits per heavy atom. The minimum absolute atomic E-state index is 0.0121. The number of nitrogens with zero attached hydrogens (tertiary/aromatic N) is 1. The number of ketones is 1. The fourth-order valence-electron chi connectivity index (χ4n) is 3.80. The molecule has 2 aromatic heterocycles. The number of carbonyl (C=O) groups excluding carboxylic acids is 3. The highest BCUT2D eigenvalue weighted by atomic mass is 16.5. The van der Waals surface area contributed by atoms with Crippen LogP contribution in [-0.2, 0) is 9.47 Å². The van der Waals surface area contributed by atoms with E-state index >= 15 is 0 Å². The number of aryl methyl sites for hydroxylation is 1. The van der Waals surface area contributed by atoms with Gasteiger partial charge in [0, 0.05) is 17.1 Å². The third-order valence-corrected chi connectivity index (χ3v) is 5.21. The molecule has 0 aliphatic heterocycles. The molecule has 30 heavy (non-hydrogen) atoms. The van der Waals surface area contributed by atoms with Gasteiger partial charge in [-0.1, -0.05) is 48.5 Å². The molecule has 0 bridgehead atoms. The monoisotopic (exact) mass is 401 g/mol. The standard InChI is InChI=1S/C24H19NO5/c1-14-8-4-6-10-16(14)22(26)21-19(24(28)30-3)18(23(27)29-2)20-17-11-7-5-9-15(17)12-13-25(20)21/h4-13H,1-3H3. The van der Waals surface area contributed by atoms with E-state index in [2.05, 4.69) is 0 Å². The van der Waals surface area contributed by atoms with Crippen LogP contribution in [0.5, 0.6) is 0 Å². The van der Waals surface area contributed by atoms with E-state index in [1.807, 2.05) is 49.4 Å². The van der Waals surface area contributed by atoms with E-state index in [1.54, 1.807) is 22.7 Å². The molecular weight excluding hydrogens is 382 g/mol. The first kappa shape index (κ1) is 19.4. The number of ether oxygens (including phenoxy) is 2. The molecule has 0 aliphatic carbocycles. The maximum absolute atomic E-state index is 13.6. The van der Waals surface area contributed by atoms with E-state index in [4.69, 9.17) is 9.47 Å². The Bertz CT molecular complexity index is 1330. The van der Waals surface area contributed by atoms with Crippen LogP contribution in [0.25, 0.3) is 16.3 Å². The summed E-state index contributed by atoms with van der Waals surface area (Å²) in [4.78, 5) is 39.2. The summed E-state index contributed by atoms with van der Waals surface area (Å²) in [5.41, 5.74) is 1.60. The van der Waals surface area contributed by atoms with Gasteiger partial charge in [-0.15, -0.1) is 0 Å². The normalized spacial score (nSPS) is 10.9. The fourth-order valence-corrected chi connectivity index (χ4v) is 3.80. The van der Waals surface area contributed by atoms with E-state index in [9.17, 15) is 14.4 Å². The van der Waals surface area contributed by atoms with Gasteiger partial charge in [0.25, 0.3) is 0 Å². The summed E-state index contributed by atoms with van der Waals surface area (Å²) in [5.74, 6) is -1.87. The van der Waals surface area contributed by atoms with Crippen LogP contribution in [0.3, 0.4) is 0 Å². The first-order chi connectivity index (χ1) is 14.5. The number of rotatable bonds is 4. The van der Waals surface area contributed by atoms with Gasteiger partial charge in [-0.05, 0) is 23.9 Å². The van der Waals surface area contributed by atoms with Gasteiger partial charge in [0.2, 0.25) is 5.78 Å². The fraction of sp³-hybridized carbons (Fsp3) is 0.125. The summed E-state index contributed by atoms with van der Waals surface area (Å²) < 4.78 is 11.5. The van der Waals surface area contributed by atoms with E-state index in [-0.39, 0.29) is 22.6 Å². The SMILES string of the molecule is COC(=O)c1c(C(=O)OC)c2c3ccccc3ccn2c1C(=O)c1ccccc1C. The quantitative estimate of drug-likeness (QED) is 0.378. The number of hydrogen-bond acceptors (Lipinski definition) is 5. The zero-order valence-corrected chi connectivity index (χ0v) is 16.8. The molecule has 4 rings (SSSR count).